The minimum atomic E-state index is -4.46. The molecular formula is C23H23F3N4O. The van der Waals surface area contributed by atoms with Crippen molar-refractivity contribution in [2.45, 2.75) is 49.1 Å². The lowest BCUT2D eigenvalue weighted by molar-refractivity contribution is -0.142. The first-order valence-corrected chi connectivity index (χ1v) is 10.0. The van der Waals surface area contributed by atoms with E-state index < -0.39 is 34.9 Å². The molecule has 3 atom stereocenters. The first-order chi connectivity index (χ1) is 14.5. The van der Waals surface area contributed by atoms with Crippen molar-refractivity contribution in [2.24, 2.45) is 5.73 Å². The van der Waals surface area contributed by atoms with Gasteiger partial charge in [-0.1, -0.05) is 36.4 Å². The molecule has 3 N–H and O–H groups in total. The van der Waals surface area contributed by atoms with Crippen LogP contribution < -0.4 is 11.1 Å². The van der Waals surface area contributed by atoms with E-state index in [1.54, 1.807) is 7.05 Å². The Bertz CT molecular complexity index is 1060. The zero-order valence-corrected chi connectivity index (χ0v) is 17.2. The minimum absolute atomic E-state index is 0.291. The molecule has 2 aliphatic rings. The number of nitrogens with zero attached hydrogens (tertiary/aromatic N) is 2. The molecule has 1 aliphatic carbocycles. The number of likely N-dealkylation sites (N-methyl/N-ethyl adjacent to an activating group) is 1. The van der Waals surface area contributed by atoms with Crippen molar-refractivity contribution in [3.8, 4) is 6.07 Å². The number of nitrogens with two attached hydrogens (primary N) is 1. The number of hydrogen-bond donors (Lipinski definition) is 2. The van der Waals surface area contributed by atoms with E-state index in [0.717, 1.165) is 36.1 Å². The van der Waals surface area contributed by atoms with Crippen LogP contribution in [-0.4, -0.2) is 24.1 Å². The average molecular weight is 428 g/mol. The monoisotopic (exact) mass is 428 g/mol. The van der Waals surface area contributed by atoms with Crippen LogP contribution in [0.25, 0.3) is 0 Å². The molecule has 0 bridgehead atoms. The van der Waals surface area contributed by atoms with Gasteiger partial charge < -0.3 is 4.90 Å². The van der Waals surface area contributed by atoms with Gasteiger partial charge in [-0.3, -0.25) is 15.8 Å². The van der Waals surface area contributed by atoms with Crippen LogP contribution in [0.15, 0.2) is 48.5 Å². The Morgan fingerprint density at radius 1 is 1.16 bits per heavy atom. The van der Waals surface area contributed by atoms with Gasteiger partial charge in [0.15, 0.2) is 0 Å². The van der Waals surface area contributed by atoms with Crippen molar-refractivity contribution >= 4 is 5.91 Å². The summed E-state index contributed by atoms with van der Waals surface area (Å²) >= 11 is 0. The summed E-state index contributed by atoms with van der Waals surface area (Å²) < 4.78 is 39.1. The van der Waals surface area contributed by atoms with Gasteiger partial charge in [-0.2, -0.15) is 18.4 Å². The van der Waals surface area contributed by atoms with E-state index in [1.165, 1.54) is 17.0 Å². The Kier molecular flexibility index (Phi) is 4.87. The van der Waals surface area contributed by atoms with E-state index in [-0.39, 0.29) is 5.91 Å². The quantitative estimate of drug-likeness (QED) is 0.783. The minimum Gasteiger partial charge on any atom is -0.317 e. The molecule has 2 aromatic rings. The molecule has 31 heavy (non-hydrogen) atoms. The van der Waals surface area contributed by atoms with Gasteiger partial charge in [0.25, 0.3) is 0 Å². The van der Waals surface area contributed by atoms with Crippen molar-refractivity contribution in [2.75, 3.05) is 7.05 Å². The van der Waals surface area contributed by atoms with Gasteiger partial charge in [-0.05, 0) is 48.6 Å². The normalized spacial score (nSPS) is 27.6. The van der Waals surface area contributed by atoms with Crippen molar-refractivity contribution in [3.63, 3.8) is 0 Å². The van der Waals surface area contributed by atoms with Crippen LogP contribution in [0.5, 0.6) is 0 Å². The predicted molar refractivity (Wildman–Crippen MR) is 108 cm³/mol. The fourth-order valence-electron chi connectivity index (χ4n) is 4.40. The summed E-state index contributed by atoms with van der Waals surface area (Å²) in [5.41, 5.74) is 5.99. The van der Waals surface area contributed by atoms with Gasteiger partial charge in [0.2, 0.25) is 5.91 Å². The molecule has 0 aromatic heterocycles. The molecular weight excluding hydrogens is 405 g/mol. The lowest BCUT2D eigenvalue weighted by Gasteiger charge is -2.48. The summed E-state index contributed by atoms with van der Waals surface area (Å²) in [5, 5.41) is 12.9. The Labute approximate surface area is 178 Å². The fraction of sp³-hybridized carbons (Fsp3) is 0.391. The fourth-order valence-corrected chi connectivity index (χ4v) is 4.40. The van der Waals surface area contributed by atoms with Gasteiger partial charge >= 0.3 is 6.18 Å². The zero-order chi connectivity index (χ0) is 22.6. The lowest BCUT2D eigenvalue weighted by Crippen LogP contribution is -2.68. The molecule has 4 rings (SSSR count). The number of benzene rings is 2. The molecule has 2 fully saturated rings. The predicted octanol–water partition coefficient (Wildman–Crippen LogP) is 3.56. The van der Waals surface area contributed by atoms with Gasteiger partial charge in [0, 0.05) is 7.05 Å². The van der Waals surface area contributed by atoms with Crippen molar-refractivity contribution in [1.29, 1.82) is 5.26 Å². The van der Waals surface area contributed by atoms with Crippen molar-refractivity contribution in [1.82, 2.24) is 10.2 Å². The number of nitriles is 1. The maximum atomic E-state index is 13.3. The smallest absolute Gasteiger partial charge is 0.317 e. The number of amides is 1. The number of rotatable bonds is 3. The third-order valence-corrected chi connectivity index (χ3v) is 6.59. The average Bonchev–Trinajstić information content (AvgIpc) is 3.53. The molecule has 2 aromatic carbocycles. The van der Waals surface area contributed by atoms with E-state index >= 15 is 0 Å². The number of carbonyl (C=O) groups excluding carboxylic acids is 1. The molecule has 162 valence electrons. The number of halogens is 3. The van der Waals surface area contributed by atoms with Crippen LogP contribution in [0, 0.1) is 11.3 Å². The second kappa shape index (κ2) is 7.08. The highest BCUT2D eigenvalue weighted by molar-refractivity contribution is 5.86. The molecule has 1 heterocycles. The molecule has 1 amide bonds. The van der Waals surface area contributed by atoms with Crippen molar-refractivity contribution < 1.29 is 18.0 Å². The Balaban J connectivity index is 1.81. The maximum Gasteiger partial charge on any atom is 0.416 e. The first-order valence-electron chi connectivity index (χ1n) is 10.0. The Morgan fingerprint density at radius 2 is 1.77 bits per heavy atom. The summed E-state index contributed by atoms with van der Waals surface area (Å²) in [6.07, 6.45) is -3.67. The van der Waals surface area contributed by atoms with Crippen molar-refractivity contribution in [3.05, 3.63) is 70.8 Å². The van der Waals surface area contributed by atoms with Crippen LogP contribution in [0.1, 0.15) is 47.9 Å². The summed E-state index contributed by atoms with van der Waals surface area (Å²) in [7, 11) is 1.56. The van der Waals surface area contributed by atoms with Crippen LogP contribution >= 0.6 is 0 Å². The van der Waals surface area contributed by atoms with E-state index in [0.29, 0.717) is 5.56 Å². The van der Waals surface area contributed by atoms with Gasteiger partial charge in [0.1, 0.15) is 6.29 Å². The molecule has 1 unspecified atom stereocenters. The van der Waals surface area contributed by atoms with Gasteiger partial charge in [-0.15, -0.1) is 0 Å². The maximum absolute atomic E-state index is 13.3. The van der Waals surface area contributed by atoms with E-state index in [2.05, 4.69) is 11.4 Å². The van der Waals surface area contributed by atoms with Crippen LogP contribution in [-0.2, 0) is 21.9 Å². The molecule has 8 heteroatoms. The topological polar surface area (TPSA) is 82.2 Å². The number of carbonyl (C=O) groups is 1. The number of nitrogens with one attached hydrogen (secondary N) is 1. The van der Waals surface area contributed by atoms with Crippen LogP contribution in [0.4, 0.5) is 13.2 Å². The van der Waals surface area contributed by atoms with Gasteiger partial charge in [0.05, 0.1) is 28.5 Å². The summed E-state index contributed by atoms with van der Waals surface area (Å²) in [5.74, 6) is -1.09. The molecule has 1 saturated carbocycles. The summed E-state index contributed by atoms with van der Waals surface area (Å²) in [6, 6.07) is 14.5. The second-order valence-electron chi connectivity index (χ2n) is 8.57. The van der Waals surface area contributed by atoms with E-state index in [9.17, 15) is 23.2 Å². The zero-order valence-electron chi connectivity index (χ0n) is 17.2. The molecule has 5 nitrogen and oxygen atoms in total. The lowest BCUT2D eigenvalue weighted by atomic mass is 9.72. The highest BCUT2D eigenvalue weighted by atomic mass is 19.4. The Morgan fingerprint density at radius 3 is 2.32 bits per heavy atom. The van der Waals surface area contributed by atoms with E-state index in [4.69, 9.17) is 5.73 Å². The standard InChI is InChI=1S/C23H23F3N4O/c1-21(16-4-3-5-17(12-16)22(13-27)10-11-22)18(19(31)30(2)20(28)29-21)14-6-8-15(9-7-14)23(24,25)26/h3-9,12,18,20,29H,10-11,28H2,1-2H3/t18-,20?,21+/m0/s1. The van der Waals surface area contributed by atoms with Crippen LogP contribution in [0.3, 0.4) is 0 Å². The highest BCUT2D eigenvalue weighted by Gasteiger charge is 2.50. The molecule has 0 radical (unpaired) electrons. The third kappa shape index (κ3) is 3.48. The second-order valence-corrected chi connectivity index (χ2v) is 8.57. The third-order valence-electron chi connectivity index (χ3n) is 6.59. The molecule has 0 spiro atoms. The number of hydrogen-bond acceptors (Lipinski definition) is 4. The van der Waals surface area contributed by atoms with Crippen LogP contribution in [0.2, 0.25) is 0 Å². The number of alkyl halides is 3. The van der Waals surface area contributed by atoms with Gasteiger partial charge in [-0.25, -0.2) is 0 Å². The largest absolute Gasteiger partial charge is 0.416 e. The first kappa shape index (κ1) is 21.3. The molecule has 1 saturated heterocycles. The molecule has 1 aliphatic heterocycles. The summed E-state index contributed by atoms with van der Waals surface area (Å²) in [4.78, 5) is 14.6. The SMILES string of the molecule is CN1C(=O)[C@H](c2ccc(C(F)(F)F)cc2)[C@@](C)(c2cccc(C3(C#N)CC3)c2)NC1N. The Hall–Kier alpha value is -2.89. The summed E-state index contributed by atoms with van der Waals surface area (Å²) in [6.45, 7) is 1.82. The highest BCUT2D eigenvalue weighted by Crippen LogP contribution is 2.49. The van der Waals surface area contributed by atoms with E-state index in [1.807, 2.05) is 31.2 Å².